The molecule has 1 unspecified atom stereocenters. The number of hydrogen-bond acceptors (Lipinski definition) is 7. The topological polar surface area (TPSA) is 114 Å². The number of carbonyl (C=O) groups excluding carboxylic acids is 1. The first kappa shape index (κ1) is 39.7. The van der Waals surface area contributed by atoms with Crippen LogP contribution in [0.4, 0.5) is 0 Å². The highest BCUT2D eigenvalue weighted by atomic mass is 32.2. The molecular weight excluding hydrogens is 582 g/mol. The van der Waals surface area contributed by atoms with Crippen LogP contribution in [-0.4, -0.2) is 42.3 Å². The van der Waals surface area contributed by atoms with Gasteiger partial charge in [-0.05, 0) is 90.9 Å². The second-order valence-electron chi connectivity index (χ2n) is 12.3. The average molecular weight is 638 g/mol. The van der Waals surface area contributed by atoms with Crippen LogP contribution in [0, 0.1) is 10.8 Å². The first-order chi connectivity index (χ1) is 21.1. The molecule has 4 N–H and O–H groups in total. The van der Waals surface area contributed by atoms with Crippen LogP contribution in [0.5, 0.6) is 0 Å². The number of carboxylic acids is 1. The van der Waals surface area contributed by atoms with E-state index in [1.165, 1.54) is 18.2 Å². The van der Waals surface area contributed by atoms with Crippen LogP contribution in [0.25, 0.3) is 0 Å². The lowest BCUT2D eigenvalue weighted by Crippen LogP contribution is -2.31. The van der Waals surface area contributed by atoms with Gasteiger partial charge in [0.25, 0.3) is 0 Å². The lowest BCUT2D eigenvalue weighted by Gasteiger charge is -2.29. The number of ether oxygens (including phenoxy) is 1. The maximum Gasteiger partial charge on any atom is 0.309 e. The Kier molecular flexibility index (Phi) is 16.4. The smallest absolute Gasteiger partial charge is 0.309 e. The van der Waals surface area contributed by atoms with Gasteiger partial charge in [0.1, 0.15) is 12.1 Å². The van der Waals surface area contributed by atoms with Crippen molar-refractivity contribution in [3.8, 4) is 0 Å². The molecular formula is C37H55N3O4S. The molecule has 1 aliphatic heterocycles. The number of thioether (sulfide) groups is 1. The van der Waals surface area contributed by atoms with Crippen molar-refractivity contribution < 1.29 is 19.4 Å². The standard InChI is InChI=1S/C37H55N3O4S/c1-12-15-19-32(26(6)39-22-30-18-16-17-20-44-30)31(14-3)27(7)40-34(38)33(25(4)5)37(11,24-41)28(8)45-23-29(13-2)21-36(9,10)35(42)43/h12,14-15,19,23-24,30,39H,1,4,8,13,16-18,20-22,38H2,2-3,5-7,9-11H3,(H,42,43)/b19-15-,29-23+,31-14+,32-26-,34-33+,40-27+/t30?,37-/m0/s1. The normalized spacial score (nSPS) is 19.3. The molecule has 0 aliphatic carbocycles. The van der Waals surface area contributed by atoms with Gasteiger partial charge < -0.3 is 25.7 Å². The van der Waals surface area contributed by atoms with Gasteiger partial charge in [-0.2, -0.15) is 0 Å². The Morgan fingerprint density at radius 3 is 2.36 bits per heavy atom. The van der Waals surface area contributed by atoms with Crippen molar-refractivity contribution in [1.82, 2.24) is 5.32 Å². The van der Waals surface area contributed by atoms with Crippen LogP contribution >= 0.6 is 11.8 Å². The Balaban J connectivity index is 3.53. The predicted octanol–water partition coefficient (Wildman–Crippen LogP) is 8.56. The summed E-state index contributed by atoms with van der Waals surface area (Å²) in [4.78, 5) is 29.8. The molecule has 0 aromatic rings. The van der Waals surface area contributed by atoms with Gasteiger partial charge in [-0.15, -0.1) is 11.8 Å². The number of allylic oxidation sites excluding steroid dienone is 11. The van der Waals surface area contributed by atoms with Crippen LogP contribution in [0.15, 0.2) is 98.7 Å². The van der Waals surface area contributed by atoms with Crippen molar-refractivity contribution >= 4 is 29.7 Å². The van der Waals surface area contributed by atoms with E-state index in [1.54, 1.807) is 33.8 Å². The second-order valence-corrected chi connectivity index (χ2v) is 13.3. The fraction of sp³-hybridized carbons (Fsp3) is 0.486. The van der Waals surface area contributed by atoms with Gasteiger partial charge in [0.15, 0.2) is 0 Å². The van der Waals surface area contributed by atoms with E-state index in [1.807, 2.05) is 51.3 Å². The first-order valence-electron chi connectivity index (χ1n) is 15.6. The third-order valence-electron chi connectivity index (χ3n) is 8.02. The van der Waals surface area contributed by atoms with Gasteiger partial charge in [0.2, 0.25) is 0 Å². The SMILES string of the molecule is C=C\C=C/C(C(=C/C)/C(C)=N/C(N)=C(\C(=C)C)[C@@](C)(C=O)C(=C)S/C=C(\CC)CC(C)(C)C(=O)O)=C(\C)NCC1CCCCO1. The van der Waals surface area contributed by atoms with Crippen molar-refractivity contribution in [2.24, 2.45) is 21.6 Å². The third-order valence-corrected chi connectivity index (χ3v) is 9.18. The molecule has 1 fully saturated rings. The van der Waals surface area contributed by atoms with E-state index in [2.05, 4.69) is 25.1 Å². The fourth-order valence-corrected chi connectivity index (χ4v) is 6.08. The quantitative estimate of drug-likeness (QED) is 0.0784. The monoisotopic (exact) mass is 637 g/mol. The molecule has 0 bridgehead atoms. The van der Waals surface area contributed by atoms with Crippen LogP contribution in [-0.2, 0) is 14.3 Å². The number of carboxylic acid groups (broad SMARTS) is 1. The number of aliphatic carboxylic acids is 1. The van der Waals surface area contributed by atoms with E-state index in [-0.39, 0.29) is 11.9 Å². The van der Waals surface area contributed by atoms with Crippen LogP contribution in [0.1, 0.15) is 87.5 Å². The summed E-state index contributed by atoms with van der Waals surface area (Å²) in [5.74, 6) is -0.685. The number of nitrogens with two attached hydrogens (primary N) is 1. The highest BCUT2D eigenvalue weighted by molar-refractivity contribution is 8.05. The van der Waals surface area contributed by atoms with E-state index in [9.17, 15) is 14.7 Å². The lowest BCUT2D eigenvalue weighted by molar-refractivity contribution is -0.146. The van der Waals surface area contributed by atoms with Crippen molar-refractivity contribution in [1.29, 1.82) is 0 Å². The molecule has 1 rings (SSSR count). The Bertz CT molecular complexity index is 1310. The van der Waals surface area contributed by atoms with Gasteiger partial charge in [0, 0.05) is 41.3 Å². The zero-order valence-corrected chi connectivity index (χ0v) is 29.5. The Labute approximate surface area is 275 Å². The fourth-order valence-electron chi connectivity index (χ4n) is 5.13. The van der Waals surface area contributed by atoms with Gasteiger partial charge in [-0.25, -0.2) is 4.99 Å². The number of aliphatic imine (C=N–C) groups is 1. The van der Waals surface area contributed by atoms with Crippen molar-refractivity contribution in [3.63, 3.8) is 0 Å². The molecule has 1 aliphatic rings. The second kappa shape index (κ2) is 18.6. The number of rotatable bonds is 18. The summed E-state index contributed by atoms with van der Waals surface area (Å²) in [5, 5.41) is 15.0. The minimum Gasteiger partial charge on any atom is -0.481 e. The minimum absolute atomic E-state index is 0.177. The van der Waals surface area contributed by atoms with Gasteiger partial charge in [-0.1, -0.05) is 62.1 Å². The predicted molar refractivity (Wildman–Crippen MR) is 192 cm³/mol. The molecule has 0 aromatic heterocycles. The van der Waals surface area contributed by atoms with Crippen molar-refractivity contribution in [2.45, 2.75) is 93.6 Å². The highest BCUT2D eigenvalue weighted by Gasteiger charge is 2.35. The lowest BCUT2D eigenvalue weighted by atomic mass is 9.80. The molecule has 1 saturated heterocycles. The van der Waals surface area contributed by atoms with E-state index < -0.39 is 16.8 Å². The summed E-state index contributed by atoms with van der Waals surface area (Å²) in [7, 11) is 0. The number of hydrogen-bond donors (Lipinski definition) is 3. The summed E-state index contributed by atoms with van der Waals surface area (Å²) >= 11 is 1.31. The largest absolute Gasteiger partial charge is 0.481 e. The molecule has 45 heavy (non-hydrogen) atoms. The van der Waals surface area contributed by atoms with Gasteiger partial charge >= 0.3 is 5.97 Å². The summed E-state index contributed by atoms with van der Waals surface area (Å²) < 4.78 is 5.90. The Morgan fingerprint density at radius 1 is 1.20 bits per heavy atom. The molecule has 7 nitrogen and oxygen atoms in total. The first-order valence-corrected chi connectivity index (χ1v) is 16.4. The molecule has 0 saturated carbocycles. The Morgan fingerprint density at radius 2 is 1.87 bits per heavy atom. The number of aldehydes is 1. The molecule has 248 valence electrons. The summed E-state index contributed by atoms with van der Waals surface area (Å²) in [6, 6.07) is 0. The molecule has 1 heterocycles. The van der Waals surface area contributed by atoms with Crippen LogP contribution in [0.2, 0.25) is 0 Å². The van der Waals surface area contributed by atoms with Crippen molar-refractivity contribution in [2.75, 3.05) is 13.2 Å². The summed E-state index contributed by atoms with van der Waals surface area (Å²) in [5.41, 5.74) is 10.1. The minimum atomic E-state index is -1.20. The number of carbonyl (C=O) groups is 2. The maximum atomic E-state index is 12.7. The molecule has 0 amide bonds. The molecule has 8 heteroatoms. The van der Waals surface area contributed by atoms with Crippen LogP contribution in [0.3, 0.4) is 0 Å². The van der Waals surface area contributed by atoms with E-state index in [0.29, 0.717) is 41.1 Å². The summed E-state index contributed by atoms with van der Waals surface area (Å²) in [6.45, 7) is 28.5. The van der Waals surface area contributed by atoms with Gasteiger partial charge in [0.05, 0.1) is 16.9 Å². The maximum absolute atomic E-state index is 12.7. The van der Waals surface area contributed by atoms with Gasteiger partial charge in [-0.3, -0.25) is 4.79 Å². The van der Waals surface area contributed by atoms with Crippen molar-refractivity contribution in [3.05, 3.63) is 93.7 Å². The van der Waals surface area contributed by atoms with Crippen LogP contribution < -0.4 is 11.1 Å². The molecule has 0 radical (unpaired) electrons. The molecule has 2 atom stereocenters. The van der Waals surface area contributed by atoms with E-state index in [0.717, 1.165) is 48.2 Å². The summed E-state index contributed by atoms with van der Waals surface area (Å²) in [6.07, 6.45) is 13.0. The average Bonchev–Trinajstić information content (AvgIpc) is 2.99. The number of nitrogens with one attached hydrogen (secondary N) is 1. The zero-order chi connectivity index (χ0) is 34.4. The highest BCUT2D eigenvalue weighted by Crippen LogP contribution is 2.44. The molecule has 0 aromatic carbocycles. The third kappa shape index (κ3) is 11.5. The number of nitrogens with zero attached hydrogens (tertiary/aromatic N) is 1. The Hall–Kier alpha value is -3.36. The van der Waals surface area contributed by atoms with E-state index >= 15 is 0 Å². The van der Waals surface area contributed by atoms with E-state index in [4.69, 9.17) is 15.5 Å². The zero-order valence-electron chi connectivity index (χ0n) is 28.7. The molecule has 0 spiro atoms.